The van der Waals surface area contributed by atoms with Gasteiger partial charge in [-0.05, 0) is 41.5 Å². The van der Waals surface area contributed by atoms with Crippen molar-refractivity contribution in [2.75, 3.05) is 13.2 Å². The highest BCUT2D eigenvalue weighted by Gasteiger charge is 2.19. The Kier molecular flexibility index (Phi) is 14.1. The van der Waals surface area contributed by atoms with Crippen molar-refractivity contribution in [1.29, 1.82) is 0 Å². The van der Waals surface area contributed by atoms with Gasteiger partial charge < -0.3 is 14.9 Å². The summed E-state index contributed by atoms with van der Waals surface area (Å²) in [4.78, 5) is 0. The van der Waals surface area contributed by atoms with Crippen molar-refractivity contribution in [3.05, 3.63) is 0 Å². The first-order chi connectivity index (χ1) is 6.62. The minimum atomic E-state index is -0.125. The van der Waals surface area contributed by atoms with Gasteiger partial charge >= 0.3 is 0 Å². The zero-order valence-corrected chi connectivity index (χ0v) is 11.7. The van der Waals surface area contributed by atoms with E-state index in [1.807, 2.05) is 13.8 Å². The maximum absolute atomic E-state index is 7.62. The quantitative estimate of drug-likeness (QED) is 0.717. The Labute approximate surface area is 95.5 Å². The first-order valence-corrected chi connectivity index (χ1v) is 5.54. The molecule has 0 rings (SSSR count). The van der Waals surface area contributed by atoms with Crippen LogP contribution in [0.1, 0.15) is 55.4 Å². The molecule has 2 N–H and O–H groups in total. The number of aliphatic hydroxyl groups is 2. The molecule has 3 nitrogen and oxygen atoms in total. The maximum atomic E-state index is 7.62. The van der Waals surface area contributed by atoms with Crippen LogP contribution in [-0.2, 0) is 4.74 Å². The molecule has 3 heteroatoms. The largest absolute Gasteiger partial charge is 0.394 e. The third kappa shape index (κ3) is 41.4. The summed E-state index contributed by atoms with van der Waals surface area (Å²) in [6.07, 6.45) is 0. The first-order valence-electron chi connectivity index (χ1n) is 5.54. The van der Waals surface area contributed by atoms with E-state index in [1.165, 1.54) is 0 Å². The number of hydrogen-bond acceptors (Lipinski definition) is 3. The van der Waals surface area contributed by atoms with Gasteiger partial charge in [0.15, 0.2) is 0 Å². The van der Waals surface area contributed by atoms with Crippen molar-refractivity contribution < 1.29 is 14.9 Å². The summed E-state index contributed by atoms with van der Waals surface area (Å²) in [7, 11) is 0. The highest BCUT2D eigenvalue weighted by molar-refractivity contribution is 4.68. The van der Waals surface area contributed by atoms with Crippen LogP contribution in [0.25, 0.3) is 0 Å². The Morgan fingerprint density at radius 3 is 0.933 bits per heavy atom. The fourth-order valence-corrected chi connectivity index (χ4v) is 0.919. The third-order valence-electron chi connectivity index (χ3n) is 0.712. The van der Waals surface area contributed by atoms with E-state index < -0.39 is 0 Å². The van der Waals surface area contributed by atoms with E-state index in [-0.39, 0.29) is 24.4 Å². The van der Waals surface area contributed by atoms with Gasteiger partial charge in [-0.25, -0.2) is 0 Å². The summed E-state index contributed by atoms with van der Waals surface area (Å²) < 4.78 is 5.62. The predicted octanol–water partition coefficient (Wildman–Crippen LogP) is 2.60. The number of rotatable bonds is 1. The van der Waals surface area contributed by atoms with E-state index in [4.69, 9.17) is 14.9 Å². The molecule has 0 aromatic carbocycles. The topological polar surface area (TPSA) is 49.7 Å². The molecule has 0 atom stereocenters. The molecule has 0 aromatic heterocycles. The van der Waals surface area contributed by atoms with Gasteiger partial charge in [-0.3, -0.25) is 0 Å². The molecule has 0 fully saturated rings. The lowest BCUT2D eigenvalue weighted by Crippen LogP contribution is -2.31. The van der Waals surface area contributed by atoms with E-state index in [0.717, 1.165) is 0 Å². The molecule has 0 aliphatic carbocycles. The molecule has 0 spiro atoms. The molecule has 0 heterocycles. The van der Waals surface area contributed by atoms with Gasteiger partial charge in [0.1, 0.15) is 0 Å². The highest BCUT2D eigenvalue weighted by atomic mass is 16.5. The van der Waals surface area contributed by atoms with Gasteiger partial charge in [-0.1, -0.05) is 13.8 Å². The van der Waals surface area contributed by atoms with Gasteiger partial charge in [-0.15, -0.1) is 0 Å². The van der Waals surface area contributed by atoms with Gasteiger partial charge in [0.25, 0.3) is 0 Å². The maximum Gasteiger partial charge on any atom is 0.0662 e. The standard InChI is InChI=1S/C8H18O.C2H6O2.C2H6/c1-7(2,3)9-8(4,5)6;3-1-2-4;1-2/h1-6H3;3-4H,1-2H2;1-2H3. The van der Waals surface area contributed by atoms with Crippen molar-refractivity contribution in [2.24, 2.45) is 0 Å². The Bertz CT molecular complexity index is 95.0. The molecule has 0 unspecified atom stereocenters. The zero-order valence-electron chi connectivity index (χ0n) is 11.7. The molecular weight excluding hydrogens is 192 g/mol. The van der Waals surface area contributed by atoms with Crippen LogP contribution >= 0.6 is 0 Å². The summed E-state index contributed by atoms with van der Waals surface area (Å²) in [6.45, 7) is 16.2. The van der Waals surface area contributed by atoms with E-state index in [1.54, 1.807) is 0 Å². The van der Waals surface area contributed by atoms with Gasteiger partial charge in [-0.2, -0.15) is 0 Å². The summed E-state index contributed by atoms with van der Waals surface area (Å²) in [6, 6.07) is 0. The second kappa shape index (κ2) is 10.4. The molecule has 0 amide bonds. The van der Waals surface area contributed by atoms with E-state index in [9.17, 15) is 0 Å². The van der Waals surface area contributed by atoms with Crippen LogP contribution in [0.3, 0.4) is 0 Å². The lowest BCUT2D eigenvalue weighted by atomic mass is 10.1. The van der Waals surface area contributed by atoms with Crippen LogP contribution in [0.2, 0.25) is 0 Å². The molecule has 96 valence electrons. The van der Waals surface area contributed by atoms with E-state index in [2.05, 4.69) is 41.5 Å². The van der Waals surface area contributed by atoms with Gasteiger partial charge in [0.05, 0.1) is 24.4 Å². The summed E-state index contributed by atoms with van der Waals surface area (Å²) in [5.74, 6) is 0. The fourth-order valence-electron chi connectivity index (χ4n) is 0.919. The summed E-state index contributed by atoms with van der Waals surface area (Å²) in [5, 5.41) is 15.2. The van der Waals surface area contributed by atoms with Gasteiger partial charge in [0, 0.05) is 0 Å². The minimum Gasteiger partial charge on any atom is -0.394 e. The van der Waals surface area contributed by atoms with Crippen LogP contribution < -0.4 is 0 Å². The third-order valence-corrected chi connectivity index (χ3v) is 0.712. The average Bonchev–Trinajstić information content (AvgIpc) is 2.02. The van der Waals surface area contributed by atoms with Crippen molar-refractivity contribution in [3.8, 4) is 0 Å². The molecule has 0 saturated carbocycles. The fraction of sp³-hybridized carbons (Fsp3) is 1.00. The Morgan fingerprint density at radius 2 is 0.933 bits per heavy atom. The molecule has 0 aliphatic rings. The Balaban J connectivity index is -0.000000202. The Morgan fingerprint density at radius 1 is 0.733 bits per heavy atom. The second-order valence-corrected chi connectivity index (χ2v) is 4.77. The van der Waals surface area contributed by atoms with Crippen molar-refractivity contribution in [3.63, 3.8) is 0 Å². The SMILES string of the molecule is CC.CC(C)(C)OC(C)(C)C.OCCO. The highest BCUT2D eigenvalue weighted by Crippen LogP contribution is 2.17. The van der Waals surface area contributed by atoms with E-state index >= 15 is 0 Å². The molecule has 0 saturated heterocycles. The number of aliphatic hydroxyl groups excluding tert-OH is 2. The predicted molar refractivity (Wildman–Crippen MR) is 66.1 cm³/mol. The lowest BCUT2D eigenvalue weighted by Gasteiger charge is -2.30. The Hall–Kier alpha value is -0.120. The zero-order chi connectivity index (χ0) is 13.1. The number of ether oxygens (including phenoxy) is 1. The lowest BCUT2D eigenvalue weighted by molar-refractivity contribution is -0.102. The van der Waals surface area contributed by atoms with Crippen LogP contribution in [0.15, 0.2) is 0 Å². The molecule has 0 bridgehead atoms. The first kappa shape index (κ1) is 20.3. The second-order valence-electron chi connectivity index (χ2n) is 4.77. The van der Waals surface area contributed by atoms with Crippen LogP contribution in [0.5, 0.6) is 0 Å². The van der Waals surface area contributed by atoms with Crippen molar-refractivity contribution >= 4 is 0 Å². The smallest absolute Gasteiger partial charge is 0.0662 e. The molecule has 0 aromatic rings. The van der Waals surface area contributed by atoms with Gasteiger partial charge in [0.2, 0.25) is 0 Å². The van der Waals surface area contributed by atoms with Crippen LogP contribution in [0, 0.1) is 0 Å². The summed E-state index contributed by atoms with van der Waals surface area (Å²) in [5.41, 5.74) is -0.0312. The molecule has 0 aliphatic heterocycles. The minimum absolute atomic E-state index is 0.0156. The van der Waals surface area contributed by atoms with Crippen LogP contribution in [0.4, 0.5) is 0 Å². The monoisotopic (exact) mass is 222 g/mol. The summed E-state index contributed by atoms with van der Waals surface area (Å²) >= 11 is 0. The van der Waals surface area contributed by atoms with Crippen molar-refractivity contribution in [1.82, 2.24) is 0 Å². The molecule has 0 radical (unpaired) electrons. The molecule has 15 heavy (non-hydrogen) atoms. The number of hydrogen-bond donors (Lipinski definition) is 2. The normalized spacial score (nSPS) is 10.8. The molecular formula is C12H30O3. The van der Waals surface area contributed by atoms with Crippen LogP contribution in [-0.4, -0.2) is 34.6 Å². The van der Waals surface area contributed by atoms with Crippen molar-refractivity contribution in [2.45, 2.75) is 66.6 Å². The van der Waals surface area contributed by atoms with E-state index in [0.29, 0.717) is 0 Å². The average molecular weight is 222 g/mol.